The molecule has 4 aromatic rings. The Morgan fingerprint density at radius 3 is 2.88 bits per heavy atom. The molecular formula is C24H28N6O2S. The van der Waals surface area contributed by atoms with Gasteiger partial charge < -0.3 is 29.8 Å². The third kappa shape index (κ3) is 3.90. The fraction of sp³-hybridized carbons (Fsp3) is 0.417. The Morgan fingerprint density at radius 1 is 1.18 bits per heavy atom. The summed E-state index contributed by atoms with van der Waals surface area (Å²) in [5.74, 6) is 0.592. The summed E-state index contributed by atoms with van der Waals surface area (Å²) in [6.45, 7) is 5.58. The van der Waals surface area contributed by atoms with Crippen LogP contribution in [0.15, 0.2) is 34.4 Å². The lowest BCUT2D eigenvalue weighted by molar-refractivity contribution is 0.0876. The number of nitrogens with one attached hydrogen (secondary N) is 3. The van der Waals surface area contributed by atoms with Gasteiger partial charge in [-0.05, 0) is 49.5 Å². The van der Waals surface area contributed by atoms with Gasteiger partial charge in [0.05, 0.1) is 23.3 Å². The molecule has 0 radical (unpaired) electrons. The lowest BCUT2D eigenvalue weighted by Crippen LogP contribution is -2.44. The number of nitrogens with zero attached hydrogens (tertiary/aromatic N) is 3. The van der Waals surface area contributed by atoms with Crippen LogP contribution in [0, 0.1) is 0 Å². The Morgan fingerprint density at radius 2 is 2.06 bits per heavy atom. The third-order valence-electron chi connectivity index (χ3n) is 6.72. The summed E-state index contributed by atoms with van der Waals surface area (Å²) in [6, 6.07) is 8.55. The van der Waals surface area contributed by atoms with Crippen LogP contribution in [0.2, 0.25) is 0 Å². The Bertz CT molecular complexity index is 1340. The maximum Gasteiger partial charge on any atom is 0.262 e. The van der Waals surface area contributed by atoms with Gasteiger partial charge in [0.2, 0.25) is 0 Å². The van der Waals surface area contributed by atoms with Gasteiger partial charge in [-0.3, -0.25) is 4.79 Å². The number of ether oxygens (including phenoxy) is 1. The first-order chi connectivity index (χ1) is 16.2. The first kappa shape index (κ1) is 20.7. The van der Waals surface area contributed by atoms with E-state index in [0.29, 0.717) is 18.0 Å². The van der Waals surface area contributed by atoms with E-state index in [9.17, 15) is 4.79 Å². The number of aromatic amines is 2. The minimum absolute atomic E-state index is 0.137. The van der Waals surface area contributed by atoms with Crippen molar-refractivity contribution in [2.45, 2.75) is 18.9 Å². The van der Waals surface area contributed by atoms with E-state index in [2.05, 4.69) is 50.3 Å². The molecule has 33 heavy (non-hydrogen) atoms. The molecular weight excluding hydrogens is 436 g/mol. The number of likely N-dealkylation sites (N-methyl/N-ethyl adjacent to an activating group) is 1. The number of rotatable bonds is 4. The predicted octanol–water partition coefficient (Wildman–Crippen LogP) is 3.48. The van der Waals surface area contributed by atoms with E-state index >= 15 is 0 Å². The Balaban J connectivity index is 1.41. The molecule has 1 aromatic carbocycles. The van der Waals surface area contributed by atoms with E-state index in [1.807, 2.05) is 11.4 Å². The maximum absolute atomic E-state index is 13.2. The number of piperazine rings is 1. The van der Waals surface area contributed by atoms with Crippen molar-refractivity contribution in [2.24, 2.45) is 0 Å². The van der Waals surface area contributed by atoms with Crippen LogP contribution in [0.4, 0.5) is 11.4 Å². The number of H-pyrrole nitrogens is 2. The van der Waals surface area contributed by atoms with Gasteiger partial charge >= 0.3 is 0 Å². The maximum atomic E-state index is 13.2. The van der Waals surface area contributed by atoms with Crippen molar-refractivity contribution in [1.29, 1.82) is 0 Å². The highest BCUT2D eigenvalue weighted by Gasteiger charge is 2.23. The van der Waals surface area contributed by atoms with Gasteiger partial charge in [-0.2, -0.15) is 0 Å². The number of hydrogen-bond donors (Lipinski definition) is 3. The first-order valence-corrected chi connectivity index (χ1v) is 12.4. The average Bonchev–Trinajstić information content (AvgIpc) is 3.46. The van der Waals surface area contributed by atoms with Crippen LogP contribution in [0.25, 0.3) is 32.6 Å². The minimum atomic E-state index is -0.137. The van der Waals surface area contributed by atoms with E-state index in [4.69, 9.17) is 9.72 Å². The molecule has 2 aliphatic rings. The topological polar surface area (TPSA) is 89.3 Å². The zero-order valence-corrected chi connectivity index (χ0v) is 19.5. The lowest BCUT2D eigenvalue weighted by Gasteiger charge is -2.34. The molecule has 0 saturated carbocycles. The normalized spacial score (nSPS) is 20.0. The van der Waals surface area contributed by atoms with Gasteiger partial charge in [0.25, 0.3) is 5.56 Å². The second-order valence-electron chi connectivity index (χ2n) is 9.00. The number of anilines is 2. The number of aromatic nitrogens is 3. The molecule has 0 bridgehead atoms. The van der Waals surface area contributed by atoms with Crippen LogP contribution in [0.1, 0.15) is 12.8 Å². The number of benzene rings is 1. The van der Waals surface area contributed by atoms with E-state index < -0.39 is 0 Å². The molecule has 0 amide bonds. The SMILES string of the molecule is CN1CCN(c2ccc3nc(-c4c(NC5CCCOC5)c5ccsc5[nH]c4=O)[nH]c3c2)CC1. The average molecular weight is 465 g/mol. The molecule has 5 heterocycles. The molecule has 0 aliphatic carbocycles. The first-order valence-electron chi connectivity index (χ1n) is 11.6. The van der Waals surface area contributed by atoms with Crippen LogP contribution in [-0.4, -0.2) is 72.3 Å². The summed E-state index contributed by atoms with van der Waals surface area (Å²) in [5.41, 5.74) is 4.25. The van der Waals surface area contributed by atoms with Crippen molar-refractivity contribution in [3.63, 3.8) is 0 Å². The second-order valence-corrected chi connectivity index (χ2v) is 9.92. The van der Waals surface area contributed by atoms with E-state index in [-0.39, 0.29) is 11.6 Å². The van der Waals surface area contributed by atoms with Crippen LogP contribution in [0.5, 0.6) is 0 Å². The van der Waals surface area contributed by atoms with Crippen molar-refractivity contribution < 1.29 is 4.74 Å². The molecule has 6 rings (SSSR count). The largest absolute Gasteiger partial charge is 0.379 e. The Hall–Kier alpha value is -2.88. The van der Waals surface area contributed by atoms with Crippen molar-refractivity contribution >= 4 is 44.0 Å². The Kier molecular flexibility index (Phi) is 5.32. The quantitative estimate of drug-likeness (QED) is 0.429. The fourth-order valence-electron chi connectivity index (χ4n) is 4.83. The van der Waals surface area contributed by atoms with Crippen LogP contribution < -0.4 is 15.8 Å². The molecule has 1 unspecified atom stereocenters. The minimum Gasteiger partial charge on any atom is -0.379 e. The zero-order valence-electron chi connectivity index (χ0n) is 18.7. The van der Waals surface area contributed by atoms with Gasteiger partial charge in [-0.25, -0.2) is 4.98 Å². The second kappa shape index (κ2) is 8.48. The van der Waals surface area contributed by atoms with E-state index in [1.54, 1.807) is 0 Å². The van der Waals surface area contributed by atoms with Gasteiger partial charge in [0, 0.05) is 49.9 Å². The standard InChI is InChI=1S/C24H28N6O2S/c1-29-7-9-30(10-8-29)16-4-5-18-19(13-16)27-22(26-18)20-21(25-15-3-2-11-32-14-15)17-6-12-33-24(17)28-23(20)31/h4-6,12-13,15H,2-3,7-11,14H2,1H3,(H,26,27)(H2,25,28,31). The number of hydrogen-bond acceptors (Lipinski definition) is 7. The van der Waals surface area contributed by atoms with Crippen molar-refractivity contribution in [3.8, 4) is 11.4 Å². The van der Waals surface area contributed by atoms with Gasteiger partial charge in [0.15, 0.2) is 0 Å². The van der Waals surface area contributed by atoms with E-state index in [1.165, 1.54) is 17.0 Å². The highest BCUT2D eigenvalue weighted by atomic mass is 32.1. The summed E-state index contributed by atoms with van der Waals surface area (Å²) in [4.78, 5) is 30.1. The summed E-state index contributed by atoms with van der Waals surface area (Å²) in [5, 5.41) is 6.64. The molecule has 3 aromatic heterocycles. The Labute approximate surface area is 195 Å². The number of pyridine rings is 1. The molecule has 8 nitrogen and oxygen atoms in total. The molecule has 2 aliphatic heterocycles. The molecule has 0 spiro atoms. The summed E-state index contributed by atoms with van der Waals surface area (Å²) < 4.78 is 5.67. The molecule has 3 N–H and O–H groups in total. The monoisotopic (exact) mass is 464 g/mol. The number of thiophene rings is 1. The highest BCUT2D eigenvalue weighted by molar-refractivity contribution is 7.16. The van der Waals surface area contributed by atoms with Crippen molar-refractivity contribution in [1.82, 2.24) is 19.9 Å². The lowest BCUT2D eigenvalue weighted by atomic mass is 10.1. The van der Waals surface area contributed by atoms with Crippen molar-refractivity contribution in [3.05, 3.63) is 40.0 Å². The third-order valence-corrected chi connectivity index (χ3v) is 7.55. The van der Waals surface area contributed by atoms with Crippen LogP contribution in [-0.2, 0) is 4.74 Å². The molecule has 2 fully saturated rings. The predicted molar refractivity (Wildman–Crippen MR) is 135 cm³/mol. The van der Waals surface area contributed by atoms with Crippen molar-refractivity contribution in [2.75, 3.05) is 56.7 Å². The molecule has 172 valence electrons. The highest BCUT2D eigenvalue weighted by Crippen LogP contribution is 2.34. The summed E-state index contributed by atoms with van der Waals surface area (Å²) in [7, 11) is 2.16. The van der Waals surface area contributed by atoms with Crippen LogP contribution >= 0.6 is 11.3 Å². The van der Waals surface area contributed by atoms with Gasteiger partial charge in [-0.1, -0.05) is 0 Å². The van der Waals surface area contributed by atoms with Gasteiger partial charge in [-0.15, -0.1) is 11.3 Å². The van der Waals surface area contributed by atoms with E-state index in [0.717, 1.165) is 72.6 Å². The summed E-state index contributed by atoms with van der Waals surface area (Å²) >= 11 is 1.54. The fourth-order valence-corrected chi connectivity index (χ4v) is 5.62. The summed E-state index contributed by atoms with van der Waals surface area (Å²) in [6.07, 6.45) is 2.04. The number of imidazole rings is 1. The van der Waals surface area contributed by atoms with Gasteiger partial charge in [0.1, 0.15) is 16.2 Å². The van der Waals surface area contributed by atoms with Crippen LogP contribution in [0.3, 0.4) is 0 Å². The molecule has 1 atom stereocenters. The molecule has 9 heteroatoms. The molecule has 2 saturated heterocycles. The number of fused-ring (bicyclic) bond motifs is 2. The smallest absolute Gasteiger partial charge is 0.262 e. The zero-order chi connectivity index (χ0) is 22.4.